The Morgan fingerprint density at radius 1 is 1.35 bits per heavy atom. The molecule has 0 atom stereocenters. The molecule has 1 aromatic carbocycles. The van der Waals surface area contributed by atoms with Crippen LogP contribution in [0, 0.1) is 23.2 Å². The van der Waals surface area contributed by atoms with Crippen LogP contribution in [0.5, 0.6) is 0 Å². The van der Waals surface area contributed by atoms with Crippen molar-refractivity contribution in [2.24, 2.45) is 0 Å². The second-order valence-corrected chi connectivity index (χ2v) is 5.34. The summed E-state index contributed by atoms with van der Waals surface area (Å²) in [5.74, 6) is 5.11. The summed E-state index contributed by atoms with van der Waals surface area (Å²) in [6.45, 7) is 1.77. The molecule has 0 saturated carbocycles. The highest BCUT2D eigenvalue weighted by molar-refractivity contribution is 5.98. The monoisotopic (exact) mass is 343 g/mol. The highest BCUT2D eigenvalue weighted by Crippen LogP contribution is 2.22. The first-order valence-corrected chi connectivity index (χ1v) is 7.88. The molecule has 1 aliphatic rings. The molecule has 0 amide bonds. The van der Waals surface area contributed by atoms with Crippen molar-refractivity contribution < 1.29 is 13.9 Å². The number of ether oxygens (including phenoxy) is 1. The van der Waals surface area contributed by atoms with E-state index in [0.29, 0.717) is 11.0 Å². The van der Waals surface area contributed by atoms with Crippen LogP contribution in [0.3, 0.4) is 0 Å². The van der Waals surface area contributed by atoms with Crippen LogP contribution in [-0.4, -0.2) is 12.6 Å². The fraction of sp³-hybridized carbons (Fsp3) is 0.0952. The number of hydrogen-bond acceptors (Lipinski definition) is 5. The van der Waals surface area contributed by atoms with E-state index in [1.165, 1.54) is 6.08 Å². The first kappa shape index (κ1) is 17.0. The molecule has 0 saturated heterocycles. The van der Waals surface area contributed by atoms with Gasteiger partial charge in [-0.15, -0.1) is 0 Å². The van der Waals surface area contributed by atoms with E-state index < -0.39 is 11.6 Å². The molecule has 0 unspecified atom stereocenters. The fourth-order valence-corrected chi connectivity index (χ4v) is 2.43. The third-order valence-corrected chi connectivity index (χ3v) is 3.62. The molecule has 1 heterocycles. The van der Waals surface area contributed by atoms with Crippen molar-refractivity contribution in [2.75, 3.05) is 6.61 Å². The highest BCUT2D eigenvalue weighted by atomic mass is 16.5. The van der Waals surface area contributed by atoms with Crippen molar-refractivity contribution in [3.63, 3.8) is 0 Å². The molecule has 0 radical (unpaired) electrons. The number of esters is 1. The largest absolute Gasteiger partial charge is 0.462 e. The molecule has 2 aromatic rings. The Kier molecular flexibility index (Phi) is 4.83. The molecule has 0 fully saturated rings. The van der Waals surface area contributed by atoms with E-state index in [0.717, 1.165) is 11.1 Å². The minimum Gasteiger partial charge on any atom is -0.462 e. The van der Waals surface area contributed by atoms with Crippen molar-refractivity contribution >= 4 is 29.1 Å². The van der Waals surface area contributed by atoms with E-state index >= 15 is 0 Å². The Morgan fingerprint density at radius 3 is 2.96 bits per heavy atom. The van der Waals surface area contributed by atoms with Crippen molar-refractivity contribution in [3.8, 4) is 17.9 Å². The van der Waals surface area contributed by atoms with E-state index in [4.69, 9.17) is 14.4 Å². The van der Waals surface area contributed by atoms with E-state index in [1.807, 2.05) is 24.3 Å². The number of nitrogens with zero attached hydrogens (tertiary/aromatic N) is 1. The maximum atomic E-state index is 12.2. The number of allylic oxidation sites excluding steroid dienone is 3. The average molecular weight is 343 g/mol. The smallest absolute Gasteiger partial charge is 0.348 e. The number of fused-ring (bicyclic) bond motifs is 2. The van der Waals surface area contributed by atoms with Crippen LogP contribution in [0.15, 0.2) is 51.2 Å². The van der Waals surface area contributed by atoms with Gasteiger partial charge in [-0.1, -0.05) is 30.1 Å². The second-order valence-electron chi connectivity index (χ2n) is 5.34. The fourth-order valence-electron chi connectivity index (χ4n) is 2.43. The van der Waals surface area contributed by atoms with E-state index in [2.05, 4.69) is 11.8 Å². The molecular weight excluding hydrogens is 330 g/mol. The standard InChI is InChI=1S/C21H13NO4/c1-2-25-20(23)18(13-22)11-17-10-16-9-14-7-5-3-4-6-8-15(14)12-19(16)26-21(17)24/h3-5,7,9-12H,2H2,1H3/b4-3-,5-3?,7-5-,14-7?,18-11?. The van der Waals surface area contributed by atoms with Crippen LogP contribution in [-0.2, 0) is 9.53 Å². The molecule has 0 bridgehead atoms. The number of carbonyl (C=O) groups is 1. The molecule has 0 spiro atoms. The van der Waals surface area contributed by atoms with Gasteiger partial charge >= 0.3 is 11.6 Å². The van der Waals surface area contributed by atoms with Crippen LogP contribution in [0.1, 0.15) is 23.6 Å². The Balaban J connectivity index is 2.15. The molecule has 1 aliphatic carbocycles. The zero-order chi connectivity index (χ0) is 18.5. The second kappa shape index (κ2) is 7.38. The van der Waals surface area contributed by atoms with Gasteiger partial charge in [0.2, 0.25) is 0 Å². The summed E-state index contributed by atoms with van der Waals surface area (Å²) in [6.07, 6.45) is 8.51. The highest BCUT2D eigenvalue weighted by Gasteiger charge is 2.13. The first-order valence-electron chi connectivity index (χ1n) is 7.88. The number of hydrogen-bond donors (Lipinski definition) is 0. The van der Waals surface area contributed by atoms with Crippen LogP contribution in [0.2, 0.25) is 0 Å². The molecule has 0 aliphatic heterocycles. The first-order chi connectivity index (χ1) is 12.6. The third-order valence-electron chi connectivity index (χ3n) is 3.62. The molecule has 0 N–H and O–H groups in total. The lowest BCUT2D eigenvalue weighted by atomic mass is 10.0. The van der Waals surface area contributed by atoms with Gasteiger partial charge in [0.15, 0.2) is 0 Å². The lowest BCUT2D eigenvalue weighted by Gasteiger charge is -2.05. The predicted octanol–water partition coefficient (Wildman–Crippen LogP) is 3.20. The lowest BCUT2D eigenvalue weighted by Crippen LogP contribution is -2.09. The molecule has 26 heavy (non-hydrogen) atoms. The van der Waals surface area contributed by atoms with Crippen molar-refractivity contribution in [3.05, 3.63) is 69.1 Å². The van der Waals surface area contributed by atoms with Crippen molar-refractivity contribution in [1.82, 2.24) is 0 Å². The van der Waals surface area contributed by atoms with E-state index in [9.17, 15) is 9.59 Å². The molecule has 3 rings (SSSR count). The summed E-state index contributed by atoms with van der Waals surface area (Å²) in [6, 6.07) is 6.86. The maximum Gasteiger partial charge on any atom is 0.348 e. The molecular formula is C21H13NO4. The summed E-state index contributed by atoms with van der Waals surface area (Å²) in [7, 11) is 0. The minimum atomic E-state index is -0.780. The maximum absolute atomic E-state index is 12.2. The van der Waals surface area contributed by atoms with Crippen molar-refractivity contribution in [2.45, 2.75) is 6.92 Å². The predicted molar refractivity (Wildman–Crippen MR) is 97.8 cm³/mol. The van der Waals surface area contributed by atoms with Gasteiger partial charge in [-0.25, -0.2) is 9.59 Å². The minimum absolute atomic E-state index is 0.0999. The molecule has 126 valence electrons. The zero-order valence-electron chi connectivity index (χ0n) is 13.9. The third kappa shape index (κ3) is 3.48. The summed E-state index contributed by atoms with van der Waals surface area (Å²) in [5, 5.41) is 9.78. The molecule has 5 nitrogen and oxygen atoms in total. The quantitative estimate of drug-likeness (QED) is 0.281. The van der Waals surface area contributed by atoms with Gasteiger partial charge in [0, 0.05) is 10.9 Å². The summed E-state index contributed by atoms with van der Waals surface area (Å²) < 4.78 is 10.1. The summed E-state index contributed by atoms with van der Waals surface area (Å²) in [5.41, 5.74) is 1.19. The topological polar surface area (TPSA) is 80.3 Å². The van der Waals surface area contributed by atoms with Crippen LogP contribution < -0.4 is 5.63 Å². The van der Waals surface area contributed by atoms with Gasteiger partial charge < -0.3 is 9.15 Å². The van der Waals surface area contributed by atoms with E-state index in [1.54, 1.807) is 31.2 Å². The van der Waals surface area contributed by atoms with Gasteiger partial charge in [0.25, 0.3) is 0 Å². The van der Waals surface area contributed by atoms with Crippen LogP contribution in [0.4, 0.5) is 0 Å². The van der Waals surface area contributed by atoms with Crippen LogP contribution in [0.25, 0.3) is 23.1 Å². The van der Waals surface area contributed by atoms with Gasteiger partial charge in [-0.2, -0.15) is 5.26 Å². The Morgan fingerprint density at radius 2 is 2.19 bits per heavy atom. The normalized spacial score (nSPS) is 14.8. The Labute approximate surface area is 149 Å². The zero-order valence-corrected chi connectivity index (χ0v) is 13.9. The number of carbonyl (C=O) groups excluding carboxylic acids is 1. The summed E-state index contributed by atoms with van der Waals surface area (Å²) >= 11 is 0. The Hall–Kier alpha value is -3.83. The van der Waals surface area contributed by atoms with Gasteiger partial charge in [0.1, 0.15) is 17.2 Å². The Bertz CT molecular complexity index is 1140. The van der Waals surface area contributed by atoms with E-state index in [-0.39, 0.29) is 17.7 Å². The summed E-state index contributed by atoms with van der Waals surface area (Å²) in [4.78, 5) is 24.0. The average Bonchev–Trinajstić information content (AvgIpc) is 2.60. The molecule has 5 heteroatoms. The number of rotatable bonds is 3. The lowest BCUT2D eigenvalue weighted by molar-refractivity contribution is -0.137. The van der Waals surface area contributed by atoms with Gasteiger partial charge in [-0.05, 0) is 42.8 Å². The van der Waals surface area contributed by atoms with Gasteiger partial charge in [-0.3, -0.25) is 0 Å². The van der Waals surface area contributed by atoms with Crippen molar-refractivity contribution in [1.29, 1.82) is 5.26 Å². The SMILES string of the molecule is CCOC(=O)C(C#N)=Cc1cc2cc3c(cc2oc1=O)C#C/C=C\C=C/3. The number of benzene rings is 1. The number of nitriles is 1. The molecule has 1 aromatic heterocycles. The van der Waals surface area contributed by atoms with Gasteiger partial charge in [0.05, 0.1) is 12.2 Å². The van der Waals surface area contributed by atoms with Crippen LogP contribution >= 0.6 is 0 Å².